The lowest BCUT2D eigenvalue weighted by Gasteiger charge is -2.52. The van der Waals surface area contributed by atoms with E-state index in [1.165, 1.54) is 11.4 Å². The molecule has 3 rings (SSSR count). The van der Waals surface area contributed by atoms with E-state index in [0.29, 0.717) is 12.1 Å². The largest absolute Gasteiger partial charge is 0.378 e. The van der Waals surface area contributed by atoms with Crippen LogP contribution in [0.25, 0.3) is 0 Å². The molecule has 1 saturated carbocycles. The molecule has 2 aliphatic rings. The van der Waals surface area contributed by atoms with Crippen LogP contribution in [0.3, 0.4) is 0 Å². The van der Waals surface area contributed by atoms with Crippen LogP contribution in [0, 0.1) is 5.41 Å². The second-order valence-electron chi connectivity index (χ2n) is 5.99. The molecule has 1 aliphatic heterocycles. The summed E-state index contributed by atoms with van der Waals surface area (Å²) in [5, 5.41) is 3.38. The average molecular weight is 249 g/mol. The highest BCUT2D eigenvalue weighted by Crippen LogP contribution is 2.51. The summed E-state index contributed by atoms with van der Waals surface area (Å²) in [6.45, 7) is 9.51. The van der Waals surface area contributed by atoms with Gasteiger partial charge in [-0.2, -0.15) is 0 Å². The molecule has 0 bridgehead atoms. The van der Waals surface area contributed by atoms with Gasteiger partial charge in [0, 0.05) is 43.3 Å². The summed E-state index contributed by atoms with van der Waals surface area (Å²) in [6.07, 6.45) is 4.65. The Balaban J connectivity index is 1.82. The first-order valence-electron chi connectivity index (χ1n) is 7.01. The molecule has 2 heterocycles. The van der Waals surface area contributed by atoms with Crippen LogP contribution in [0.2, 0.25) is 0 Å². The number of aromatic nitrogens is 2. The normalized spacial score (nSPS) is 29.7. The van der Waals surface area contributed by atoms with Crippen LogP contribution in [0.1, 0.15) is 44.6 Å². The fourth-order valence-corrected chi connectivity index (χ4v) is 3.35. The van der Waals surface area contributed by atoms with E-state index in [1.807, 2.05) is 6.33 Å². The lowest BCUT2D eigenvalue weighted by atomic mass is 9.64. The zero-order valence-corrected chi connectivity index (χ0v) is 11.6. The Labute approximate surface area is 109 Å². The molecule has 100 valence electrons. The van der Waals surface area contributed by atoms with Crippen molar-refractivity contribution in [3.63, 3.8) is 0 Å². The van der Waals surface area contributed by atoms with Gasteiger partial charge in [-0.1, -0.05) is 13.8 Å². The number of hydrogen-bond donors (Lipinski definition) is 1. The maximum atomic E-state index is 5.82. The fourth-order valence-electron chi connectivity index (χ4n) is 3.35. The number of rotatable bonds is 3. The van der Waals surface area contributed by atoms with E-state index in [1.54, 1.807) is 0 Å². The number of ether oxygens (including phenoxy) is 1. The third-order valence-corrected chi connectivity index (χ3v) is 4.64. The molecular formula is C14H23N3O. The smallest absolute Gasteiger partial charge is 0.0955 e. The van der Waals surface area contributed by atoms with Crippen LogP contribution >= 0.6 is 0 Å². The molecule has 2 atom stereocenters. The van der Waals surface area contributed by atoms with Crippen LogP contribution in [0.5, 0.6) is 0 Å². The van der Waals surface area contributed by atoms with Crippen molar-refractivity contribution in [2.75, 3.05) is 13.2 Å². The minimum absolute atomic E-state index is 0.218. The van der Waals surface area contributed by atoms with Gasteiger partial charge in [0.15, 0.2) is 0 Å². The molecule has 0 spiro atoms. The van der Waals surface area contributed by atoms with Crippen molar-refractivity contribution >= 4 is 0 Å². The minimum atomic E-state index is 0.218. The third kappa shape index (κ3) is 1.70. The molecular weight excluding hydrogens is 226 g/mol. The number of hydrogen-bond acceptors (Lipinski definition) is 3. The Kier molecular flexibility index (Phi) is 2.94. The molecule has 18 heavy (non-hydrogen) atoms. The quantitative estimate of drug-likeness (QED) is 0.889. The molecule has 1 fully saturated rings. The van der Waals surface area contributed by atoms with Crippen molar-refractivity contribution in [1.29, 1.82) is 0 Å². The van der Waals surface area contributed by atoms with Gasteiger partial charge < -0.3 is 14.6 Å². The van der Waals surface area contributed by atoms with Gasteiger partial charge >= 0.3 is 0 Å². The second kappa shape index (κ2) is 4.35. The van der Waals surface area contributed by atoms with Crippen LogP contribution in [0.4, 0.5) is 0 Å². The van der Waals surface area contributed by atoms with E-state index in [2.05, 4.69) is 35.6 Å². The summed E-state index contributed by atoms with van der Waals surface area (Å²) in [4.78, 5) is 4.56. The van der Waals surface area contributed by atoms with Crippen LogP contribution in [0.15, 0.2) is 6.33 Å². The van der Waals surface area contributed by atoms with E-state index in [-0.39, 0.29) is 5.41 Å². The monoisotopic (exact) mass is 249 g/mol. The molecule has 0 saturated heterocycles. The zero-order chi connectivity index (χ0) is 12.8. The molecule has 1 N–H and O–H groups in total. The Bertz CT molecular complexity index is 438. The summed E-state index contributed by atoms with van der Waals surface area (Å²) < 4.78 is 8.23. The predicted molar refractivity (Wildman–Crippen MR) is 70.5 cm³/mol. The number of imidazole rings is 1. The zero-order valence-electron chi connectivity index (χ0n) is 11.6. The van der Waals surface area contributed by atoms with E-state index in [0.717, 1.165) is 32.5 Å². The van der Waals surface area contributed by atoms with Crippen molar-refractivity contribution in [3.8, 4) is 0 Å². The topological polar surface area (TPSA) is 39.1 Å². The molecule has 2 unspecified atom stereocenters. The first kappa shape index (κ1) is 12.2. The van der Waals surface area contributed by atoms with Gasteiger partial charge in [-0.05, 0) is 13.3 Å². The van der Waals surface area contributed by atoms with Crippen molar-refractivity contribution in [2.24, 2.45) is 5.41 Å². The maximum absolute atomic E-state index is 5.82. The summed E-state index contributed by atoms with van der Waals surface area (Å²) in [7, 11) is 0. The van der Waals surface area contributed by atoms with Crippen LogP contribution in [-0.4, -0.2) is 28.8 Å². The molecule has 0 amide bonds. The molecule has 1 aromatic rings. The fraction of sp³-hybridized carbons (Fsp3) is 0.786. The summed E-state index contributed by atoms with van der Waals surface area (Å²) in [5.41, 5.74) is 2.88. The first-order chi connectivity index (χ1) is 8.64. The lowest BCUT2D eigenvalue weighted by Crippen LogP contribution is -2.51. The number of nitrogens with zero attached hydrogens (tertiary/aromatic N) is 2. The van der Waals surface area contributed by atoms with Gasteiger partial charge in [0.05, 0.1) is 18.1 Å². The van der Waals surface area contributed by atoms with Gasteiger partial charge in [0.2, 0.25) is 0 Å². The molecule has 4 nitrogen and oxygen atoms in total. The lowest BCUT2D eigenvalue weighted by molar-refractivity contribution is -0.128. The van der Waals surface area contributed by atoms with Gasteiger partial charge in [0.25, 0.3) is 0 Å². The van der Waals surface area contributed by atoms with Gasteiger partial charge in [-0.15, -0.1) is 0 Å². The summed E-state index contributed by atoms with van der Waals surface area (Å²) in [5.74, 6) is 0. The highest BCUT2D eigenvalue weighted by atomic mass is 16.5. The van der Waals surface area contributed by atoms with Crippen LogP contribution in [-0.2, 0) is 17.7 Å². The molecule has 0 radical (unpaired) electrons. The number of fused-ring (bicyclic) bond motifs is 1. The average Bonchev–Trinajstić information content (AvgIpc) is 2.77. The summed E-state index contributed by atoms with van der Waals surface area (Å²) in [6, 6.07) is 0.545. The Morgan fingerprint density at radius 2 is 2.39 bits per heavy atom. The van der Waals surface area contributed by atoms with Crippen molar-refractivity contribution in [1.82, 2.24) is 14.9 Å². The van der Waals surface area contributed by atoms with E-state index in [4.69, 9.17) is 4.74 Å². The van der Waals surface area contributed by atoms with E-state index in [9.17, 15) is 0 Å². The Morgan fingerprint density at radius 1 is 1.56 bits per heavy atom. The third-order valence-electron chi connectivity index (χ3n) is 4.64. The minimum Gasteiger partial charge on any atom is -0.378 e. The van der Waals surface area contributed by atoms with Gasteiger partial charge in [0.1, 0.15) is 0 Å². The van der Waals surface area contributed by atoms with Crippen LogP contribution < -0.4 is 5.32 Å². The van der Waals surface area contributed by atoms with Crippen molar-refractivity contribution in [2.45, 2.75) is 52.3 Å². The summed E-state index contributed by atoms with van der Waals surface area (Å²) >= 11 is 0. The molecule has 1 aliphatic carbocycles. The number of nitrogens with one attached hydrogen (secondary N) is 1. The molecule has 4 heteroatoms. The molecule has 0 aromatic carbocycles. The van der Waals surface area contributed by atoms with E-state index >= 15 is 0 Å². The molecule has 1 aromatic heterocycles. The highest BCUT2D eigenvalue weighted by Gasteiger charge is 2.50. The Morgan fingerprint density at radius 3 is 3.11 bits per heavy atom. The maximum Gasteiger partial charge on any atom is 0.0955 e. The van der Waals surface area contributed by atoms with Crippen molar-refractivity contribution < 1.29 is 4.74 Å². The predicted octanol–water partition coefficient (Wildman–Crippen LogP) is 1.90. The standard InChI is InChI=1S/C14H23N3O/c1-4-18-13-7-12(14(13,2)3)17-9-16-10-8-15-6-5-11(10)17/h9,12-13,15H,4-8H2,1-3H3. The van der Waals surface area contributed by atoms with Crippen molar-refractivity contribution in [3.05, 3.63) is 17.7 Å². The Hall–Kier alpha value is -0.870. The SMILES string of the molecule is CCOC1CC(n2cnc3c2CCNC3)C1(C)C. The van der Waals surface area contributed by atoms with Gasteiger partial charge in [-0.25, -0.2) is 4.98 Å². The highest BCUT2D eigenvalue weighted by molar-refractivity contribution is 5.19. The van der Waals surface area contributed by atoms with E-state index < -0.39 is 0 Å². The van der Waals surface area contributed by atoms with Gasteiger partial charge in [-0.3, -0.25) is 0 Å². The second-order valence-corrected chi connectivity index (χ2v) is 5.99. The first-order valence-corrected chi connectivity index (χ1v) is 7.01.